The van der Waals surface area contributed by atoms with Crippen LogP contribution >= 0.6 is 11.3 Å². The maximum Gasteiger partial charge on any atom is 0.110 e. The van der Waals surface area contributed by atoms with E-state index in [9.17, 15) is 0 Å². The molecule has 1 nitrogen and oxygen atoms in total. The molecule has 0 atom stereocenters. The lowest BCUT2D eigenvalue weighted by Gasteiger charge is -1.91. The highest BCUT2D eigenvalue weighted by Gasteiger charge is 2.12. The summed E-state index contributed by atoms with van der Waals surface area (Å²) in [6, 6.07) is 0. The van der Waals surface area contributed by atoms with E-state index in [2.05, 4.69) is 19.2 Å². The molecule has 2 heterocycles. The van der Waals surface area contributed by atoms with Gasteiger partial charge in [-0.3, -0.25) is 0 Å². The van der Waals surface area contributed by atoms with Crippen molar-refractivity contribution in [2.75, 3.05) is 0 Å². The van der Waals surface area contributed by atoms with Crippen molar-refractivity contribution in [3.63, 3.8) is 0 Å². The first kappa shape index (κ1) is 10.8. The van der Waals surface area contributed by atoms with Crippen LogP contribution in [0.25, 0.3) is 0 Å². The Balaban J connectivity index is 0.000000845. The third kappa shape index (κ3) is 2.34. The van der Waals surface area contributed by atoms with Crippen LogP contribution in [0, 0.1) is 0 Å². The fraction of sp³-hybridized carbons (Fsp3) is 0.700. The highest BCUT2D eigenvalue weighted by molar-refractivity contribution is 7.11. The number of aromatic nitrogens is 1. The Morgan fingerprint density at radius 3 is 2.92 bits per heavy atom. The van der Waals surface area contributed by atoms with Crippen LogP contribution in [-0.2, 0) is 19.3 Å². The zero-order valence-corrected chi connectivity index (χ0v) is 8.28. The summed E-state index contributed by atoms with van der Waals surface area (Å²) in [4.78, 5) is 6.17. The van der Waals surface area contributed by atoms with E-state index >= 15 is 0 Å². The van der Waals surface area contributed by atoms with Gasteiger partial charge in [-0.25, -0.2) is 4.98 Å². The third-order valence-corrected chi connectivity index (χ3v) is 3.59. The molecule has 0 aliphatic carbocycles. The minimum Gasteiger partial charge on any atom is -0.246 e. The average molecular weight is 194 g/mol. The van der Waals surface area contributed by atoms with Gasteiger partial charge < -0.3 is 0 Å². The Hall–Kier alpha value is -0.305. The standard InChI is InChI=1S/C9H13BNS.CH4/c1-2-9-11-7-3-5-10-6-4-8(7)12-9;/h2-6H2,1H3;1H4. The largest absolute Gasteiger partial charge is 0.246 e. The molecule has 0 aromatic carbocycles. The topological polar surface area (TPSA) is 12.9 Å². The summed E-state index contributed by atoms with van der Waals surface area (Å²) in [7, 11) is 2.39. The van der Waals surface area contributed by atoms with Gasteiger partial charge in [0.05, 0.1) is 10.7 Å². The molecular weight excluding hydrogens is 177 g/mol. The first-order valence-electron chi connectivity index (χ1n) is 4.69. The number of hydrogen-bond acceptors (Lipinski definition) is 2. The SMILES string of the molecule is C.CCc1nc2c(s1)CC[B]CC2. The van der Waals surface area contributed by atoms with Gasteiger partial charge >= 0.3 is 0 Å². The minimum absolute atomic E-state index is 0. The fourth-order valence-electron chi connectivity index (χ4n) is 1.59. The van der Waals surface area contributed by atoms with Crippen LogP contribution in [0.5, 0.6) is 0 Å². The Labute approximate surface area is 85.8 Å². The molecule has 1 aromatic rings. The molecule has 0 bridgehead atoms. The van der Waals surface area contributed by atoms with E-state index in [-0.39, 0.29) is 7.43 Å². The minimum atomic E-state index is 0. The summed E-state index contributed by atoms with van der Waals surface area (Å²) in [5, 5.41) is 1.32. The van der Waals surface area contributed by atoms with E-state index in [0.29, 0.717) is 0 Å². The molecule has 1 radical (unpaired) electrons. The van der Waals surface area contributed by atoms with Crippen LogP contribution in [0.3, 0.4) is 0 Å². The van der Waals surface area contributed by atoms with Gasteiger partial charge in [0, 0.05) is 4.88 Å². The van der Waals surface area contributed by atoms with Crippen molar-refractivity contribution < 1.29 is 0 Å². The lowest BCUT2D eigenvalue weighted by Crippen LogP contribution is -1.89. The molecule has 0 unspecified atom stereocenters. The van der Waals surface area contributed by atoms with Crippen LogP contribution in [-0.4, -0.2) is 12.3 Å². The smallest absolute Gasteiger partial charge is 0.110 e. The number of nitrogens with zero attached hydrogens (tertiary/aromatic N) is 1. The Morgan fingerprint density at radius 1 is 1.38 bits per heavy atom. The van der Waals surface area contributed by atoms with Gasteiger partial charge in [-0.1, -0.05) is 27.0 Å². The normalized spacial score (nSPS) is 15.2. The predicted octanol–water partition coefficient (Wildman–Crippen LogP) is 2.98. The number of hydrogen-bond donors (Lipinski definition) is 0. The molecule has 1 aliphatic heterocycles. The lowest BCUT2D eigenvalue weighted by atomic mass is 9.70. The van der Waals surface area contributed by atoms with E-state index in [4.69, 9.17) is 0 Å². The summed E-state index contributed by atoms with van der Waals surface area (Å²) >= 11 is 1.92. The zero-order chi connectivity index (χ0) is 8.39. The maximum atomic E-state index is 4.63. The van der Waals surface area contributed by atoms with Gasteiger partial charge in [0.1, 0.15) is 7.28 Å². The molecule has 0 saturated carbocycles. The third-order valence-electron chi connectivity index (χ3n) is 2.29. The molecule has 1 aliphatic rings. The molecule has 0 spiro atoms. The second-order valence-corrected chi connectivity index (χ2v) is 4.37. The monoisotopic (exact) mass is 194 g/mol. The van der Waals surface area contributed by atoms with Crippen molar-refractivity contribution in [1.82, 2.24) is 4.98 Å². The van der Waals surface area contributed by atoms with E-state index < -0.39 is 0 Å². The quantitative estimate of drug-likeness (QED) is 0.626. The first-order chi connectivity index (χ1) is 5.90. The maximum absolute atomic E-state index is 4.63. The molecule has 13 heavy (non-hydrogen) atoms. The summed E-state index contributed by atoms with van der Waals surface area (Å²) in [6.45, 7) is 2.18. The van der Waals surface area contributed by atoms with Crippen LogP contribution in [0.15, 0.2) is 0 Å². The molecular formula is C10H17BNS. The first-order valence-corrected chi connectivity index (χ1v) is 5.51. The highest BCUT2D eigenvalue weighted by Crippen LogP contribution is 2.24. The molecule has 3 heteroatoms. The van der Waals surface area contributed by atoms with Crippen molar-refractivity contribution in [3.05, 3.63) is 15.6 Å². The molecule has 0 amide bonds. The van der Waals surface area contributed by atoms with Crippen molar-refractivity contribution >= 4 is 18.6 Å². The summed E-state index contributed by atoms with van der Waals surface area (Å²) in [5.74, 6) is 0. The molecule has 0 fully saturated rings. The summed E-state index contributed by atoms with van der Waals surface area (Å²) < 4.78 is 0. The van der Waals surface area contributed by atoms with Crippen molar-refractivity contribution in [1.29, 1.82) is 0 Å². The Morgan fingerprint density at radius 2 is 2.15 bits per heavy atom. The molecule has 1 aromatic heterocycles. The van der Waals surface area contributed by atoms with Crippen molar-refractivity contribution in [3.8, 4) is 0 Å². The second-order valence-electron chi connectivity index (χ2n) is 3.20. The fourth-order valence-corrected chi connectivity index (χ4v) is 2.66. The number of rotatable bonds is 1. The van der Waals surface area contributed by atoms with Crippen LogP contribution in [0.1, 0.15) is 29.9 Å². The number of aryl methyl sites for hydroxylation is 3. The molecule has 71 valence electrons. The van der Waals surface area contributed by atoms with E-state index in [1.807, 2.05) is 11.3 Å². The lowest BCUT2D eigenvalue weighted by molar-refractivity contribution is 0.987. The van der Waals surface area contributed by atoms with Gasteiger partial charge in [0.15, 0.2) is 0 Å². The average Bonchev–Trinajstić information content (AvgIpc) is 2.37. The van der Waals surface area contributed by atoms with Gasteiger partial charge in [-0.05, 0) is 19.3 Å². The van der Waals surface area contributed by atoms with Gasteiger partial charge in [-0.15, -0.1) is 11.3 Å². The zero-order valence-electron chi connectivity index (χ0n) is 7.47. The molecule has 0 saturated heterocycles. The molecule has 0 N–H and O–H groups in total. The number of fused-ring (bicyclic) bond motifs is 1. The van der Waals surface area contributed by atoms with Gasteiger partial charge in [0.25, 0.3) is 0 Å². The molecule has 2 rings (SSSR count). The summed E-state index contributed by atoms with van der Waals surface area (Å²) in [6.07, 6.45) is 5.97. The van der Waals surface area contributed by atoms with E-state index in [1.54, 1.807) is 4.88 Å². The van der Waals surface area contributed by atoms with Crippen LogP contribution in [0.4, 0.5) is 0 Å². The predicted molar refractivity (Wildman–Crippen MR) is 61.0 cm³/mol. The van der Waals surface area contributed by atoms with Crippen LogP contribution in [0.2, 0.25) is 12.6 Å². The number of thiazole rings is 1. The highest BCUT2D eigenvalue weighted by atomic mass is 32.1. The van der Waals surface area contributed by atoms with Crippen molar-refractivity contribution in [2.45, 2.75) is 46.3 Å². The van der Waals surface area contributed by atoms with E-state index in [1.165, 1.54) is 36.2 Å². The van der Waals surface area contributed by atoms with E-state index in [0.717, 1.165) is 6.42 Å². The van der Waals surface area contributed by atoms with Crippen molar-refractivity contribution in [2.24, 2.45) is 0 Å². The Kier molecular flexibility index (Phi) is 3.98. The van der Waals surface area contributed by atoms with Gasteiger partial charge in [-0.2, -0.15) is 0 Å². The van der Waals surface area contributed by atoms with Crippen LogP contribution < -0.4 is 0 Å². The summed E-state index contributed by atoms with van der Waals surface area (Å²) in [5.41, 5.74) is 1.38. The van der Waals surface area contributed by atoms with Gasteiger partial charge in [0.2, 0.25) is 0 Å². The Bertz CT molecular complexity index is 246. The second kappa shape index (κ2) is 4.80.